The first-order valence-electron chi connectivity index (χ1n) is 5.81. The smallest absolute Gasteiger partial charge is 0.303 e. The molecule has 1 saturated heterocycles. The topological polar surface area (TPSA) is 66.4 Å². The van der Waals surface area contributed by atoms with Crippen molar-refractivity contribution in [1.29, 1.82) is 0 Å². The van der Waals surface area contributed by atoms with Crippen LogP contribution in [0.2, 0.25) is 0 Å². The predicted molar refractivity (Wildman–Crippen MR) is 64.6 cm³/mol. The second kappa shape index (κ2) is 7.54. The predicted octanol–water partition coefficient (Wildman–Crippen LogP) is 1.64. The van der Waals surface area contributed by atoms with E-state index in [-0.39, 0.29) is 17.6 Å². The van der Waals surface area contributed by atoms with Gasteiger partial charge in [-0.3, -0.25) is 9.59 Å². The first-order chi connectivity index (χ1) is 7.70. The number of nitrogens with one attached hydrogen (secondary N) is 1. The van der Waals surface area contributed by atoms with Gasteiger partial charge in [0.15, 0.2) is 0 Å². The van der Waals surface area contributed by atoms with E-state index >= 15 is 0 Å². The Hall–Kier alpha value is -0.710. The van der Waals surface area contributed by atoms with E-state index in [1.54, 1.807) is 11.8 Å². The number of amides is 1. The molecule has 0 spiro atoms. The van der Waals surface area contributed by atoms with Crippen LogP contribution in [0, 0.1) is 0 Å². The van der Waals surface area contributed by atoms with Crippen molar-refractivity contribution in [2.24, 2.45) is 0 Å². The number of carbonyl (C=O) groups is 2. The molecular weight excluding hydrogens is 226 g/mol. The number of hydrogen-bond acceptors (Lipinski definition) is 3. The Morgan fingerprint density at radius 1 is 1.31 bits per heavy atom. The lowest BCUT2D eigenvalue weighted by Gasteiger charge is -2.09. The molecule has 1 heterocycles. The van der Waals surface area contributed by atoms with E-state index in [0.29, 0.717) is 13.0 Å². The molecule has 0 bridgehead atoms. The average Bonchev–Trinajstić information content (AvgIpc) is 2.75. The van der Waals surface area contributed by atoms with Crippen LogP contribution in [0.4, 0.5) is 0 Å². The molecule has 1 unspecified atom stereocenters. The normalized spacial score (nSPS) is 19.6. The van der Waals surface area contributed by atoms with Gasteiger partial charge in [0.05, 0.1) is 5.25 Å². The van der Waals surface area contributed by atoms with Crippen LogP contribution in [0.5, 0.6) is 0 Å². The third-order valence-electron chi connectivity index (χ3n) is 2.59. The fourth-order valence-corrected chi connectivity index (χ4v) is 2.87. The summed E-state index contributed by atoms with van der Waals surface area (Å²) in [5.74, 6) is 0.503. The van der Waals surface area contributed by atoms with E-state index in [9.17, 15) is 9.59 Å². The van der Waals surface area contributed by atoms with Crippen LogP contribution in [0.25, 0.3) is 0 Å². The number of carbonyl (C=O) groups excluding carboxylic acids is 1. The second-order valence-electron chi connectivity index (χ2n) is 4.00. The van der Waals surface area contributed by atoms with Crippen molar-refractivity contribution >= 4 is 23.6 Å². The molecule has 0 radical (unpaired) electrons. The second-order valence-corrected chi connectivity index (χ2v) is 5.31. The molecule has 1 rings (SSSR count). The van der Waals surface area contributed by atoms with Crippen molar-refractivity contribution in [1.82, 2.24) is 5.32 Å². The van der Waals surface area contributed by atoms with Gasteiger partial charge in [-0.25, -0.2) is 0 Å². The van der Waals surface area contributed by atoms with E-state index in [4.69, 9.17) is 5.11 Å². The summed E-state index contributed by atoms with van der Waals surface area (Å²) in [6.45, 7) is 0.676. The van der Waals surface area contributed by atoms with Gasteiger partial charge < -0.3 is 10.4 Å². The fraction of sp³-hybridized carbons (Fsp3) is 0.818. The van der Waals surface area contributed by atoms with Gasteiger partial charge in [0.25, 0.3) is 0 Å². The van der Waals surface area contributed by atoms with Crippen molar-refractivity contribution in [3.63, 3.8) is 0 Å². The number of aliphatic carboxylic acids is 1. The van der Waals surface area contributed by atoms with Crippen molar-refractivity contribution in [3.8, 4) is 0 Å². The van der Waals surface area contributed by atoms with Gasteiger partial charge in [-0.1, -0.05) is 6.42 Å². The zero-order valence-electron chi connectivity index (χ0n) is 9.41. The number of unbranched alkanes of at least 4 members (excludes halogenated alkanes) is 2. The highest BCUT2D eigenvalue weighted by Crippen LogP contribution is 2.25. The van der Waals surface area contributed by atoms with Gasteiger partial charge >= 0.3 is 5.97 Å². The number of carboxylic acid groups (broad SMARTS) is 1. The quantitative estimate of drug-likeness (QED) is 0.669. The molecule has 0 aromatic heterocycles. The molecule has 0 saturated carbocycles. The molecule has 4 nitrogen and oxygen atoms in total. The van der Waals surface area contributed by atoms with E-state index in [1.807, 2.05) is 0 Å². The van der Waals surface area contributed by atoms with E-state index < -0.39 is 5.97 Å². The minimum atomic E-state index is -0.744. The van der Waals surface area contributed by atoms with E-state index in [0.717, 1.165) is 31.4 Å². The van der Waals surface area contributed by atoms with Crippen LogP contribution in [0.3, 0.4) is 0 Å². The third kappa shape index (κ3) is 5.39. The summed E-state index contributed by atoms with van der Waals surface area (Å²) in [5, 5.41) is 11.5. The van der Waals surface area contributed by atoms with Crippen LogP contribution in [-0.4, -0.2) is 34.5 Å². The number of rotatable bonds is 7. The molecular formula is C11H19NO3S. The Morgan fingerprint density at radius 2 is 2.12 bits per heavy atom. The van der Waals surface area contributed by atoms with Crippen molar-refractivity contribution in [2.75, 3.05) is 12.3 Å². The van der Waals surface area contributed by atoms with Gasteiger partial charge in [-0.15, -0.1) is 11.8 Å². The molecule has 1 amide bonds. The summed E-state index contributed by atoms with van der Waals surface area (Å²) in [4.78, 5) is 21.8. The van der Waals surface area contributed by atoms with Crippen molar-refractivity contribution in [2.45, 2.75) is 43.8 Å². The van der Waals surface area contributed by atoms with Crippen LogP contribution in [0.15, 0.2) is 0 Å². The monoisotopic (exact) mass is 245 g/mol. The Bertz CT molecular complexity index is 239. The molecule has 1 aliphatic heterocycles. The largest absolute Gasteiger partial charge is 0.481 e. The van der Waals surface area contributed by atoms with Gasteiger partial charge in [-0.05, 0) is 31.4 Å². The molecule has 92 valence electrons. The third-order valence-corrected chi connectivity index (χ3v) is 3.97. The van der Waals surface area contributed by atoms with Gasteiger partial charge in [0.2, 0.25) is 5.91 Å². The first-order valence-corrected chi connectivity index (χ1v) is 6.86. The molecule has 0 aromatic rings. The molecule has 1 aliphatic rings. The summed E-state index contributed by atoms with van der Waals surface area (Å²) < 4.78 is 0. The summed E-state index contributed by atoms with van der Waals surface area (Å²) in [5.41, 5.74) is 0. The summed E-state index contributed by atoms with van der Waals surface area (Å²) >= 11 is 1.73. The van der Waals surface area contributed by atoms with E-state index in [2.05, 4.69) is 5.32 Å². The van der Waals surface area contributed by atoms with Crippen LogP contribution in [-0.2, 0) is 9.59 Å². The summed E-state index contributed by atoms with van der Waals surface area (Å²) in [6, 6.07) is 0. The standard InChI is InChI=1S/C11H19NO3S/c13-10(14)6-2-1-3-7-12-11(15)9-5-4-8-16-9/h9H,1-8H2,(H,12,15)(H,13,14). The van der Waals surface area contributed by atoms with Crippen molar-refractivity contribution in [3.05, 3.63) is 0 Å². The molecule has 1 atom stereocenters. The molecule has 16 heavy (non-hydrogen) atoms. The maximum atomic E-state index is 11.6. The Morgan fingerprint density at radius 3 is 2.75 bits per heavy atom. The highest BCUT2D eigenvalue weighted by Gasteiger charge is 2.22. The average molecular weight is 245 g/mol. The highest BCUT2D eigenvalue weighted by atomic mass is 32.2. The molecule has 1 fully saturated rings. The summed E-state index contributed by atoms with van der Waals surface area (Å²) in [6.07, 6.45) is 4.80. The fourth-order valence-electron chi connectivity index (χ4n) is 1.69. The minimum Gasteiger partial charge on any atom is -0.481 e. The van der Waals surface area contributed by atoms with Gasteiger partial charge in [0.1, 0.15) is 0 Å². The number of hydrogen-bond donors (Lipinski definition) is 2. The summed E-state index contributed by atoms with van der Waals surface area (Å²) in [7, 11) is 0. The Kier molecular flexibility index (Phi) is 6.30. The van der Waals surface area contributed by atoms with Crippen LogP contribution < -0.4 is 5.32 Å². The lowest BCUT2D eigenvalue weighted by atomic mass is 10.2. The molecule has 2 N–H and O–H groups in total. The number of carboxylic acids is 1. The van der Waals surface area contributed by atoms with Crippen LogP contribution in [0.1, 0.15) is 38.5 Å². The molecule has 0 aliphatic carbocycles. The Balaban J connectivity index is 1.94. The van der Waals surface area contributed by atoms with Crippen molar-refractivity contribution < 1.29 is 14.7 Å². The molecule has 0 aromatic carbocycles. The number of thioether (sulfide) groups is 1. The minimum absolute atomic E-state index is 0.152. The first kappa shape index (κ1) is 13.4. The Labute approximate surface area is 100 Å². The maximum Gasteiger partial charge on any atom is 0.303 e. The SMILES string of the molecule is O=C(O)CCCCCNC(=O)C1CCCS1. The zero-order chi connectivity index (χ0) is 11.8. The highest BCUT2D eigenvalue weighted by molar-refractivity contribution is 8.00. The molecule has 5 heteroatoms. The van der Waals surface area contributed by atoms with E-state index in [1.165, 1.54) is 0 Å². The van der Waals surface area contributed by atoms with Gasteiger partial charge in [-0.2, -0.15) is 0 Å². The van der Waals surface area contributed by atoms with Gasteiger partial charge in [0, 0.05) is 13.0 Å². The zero-order valence-corrected chi connectivity index (χ0v) is 10.2. The maximum absolute atomic E-state index is 11.6. The lowest BCUT2D eigenvalue weighted by molar-refractivity contribution is -0.137. The lowest BCUT2D eigenvalue weighted by Crippen LogP contribution is -2.31. The van der Waals surface area contributed by atoms with Crippen LogP contribution >= 0.6 is 11.8 Å².